The van der Waals surface area contributed by atoms with Crippen LogP contribution in [-0.2, 0) is 17.6 Å². The number of thiophene rings is 1. The molecule has 4 heteroatoms. The fourth-order valence-electron chi connectivity index (χ4n) is 1.81. The van der Waals surface area contributed by atoms with Crippen molar-refractivity contribution < 1.29 is 4.79 Å². The first-order valence-corrected chi connectivity index (χ1v) is 5.89. The highest BCUT2D eigenvalue weighted by atomic mass is 32.1. The van der Waals surface area contributed by atoms with Crippen LogP contribution in [0.3, 0.4) is 0 Å². The standard InChI is InChI=1S/C11H12N2OS/c12-6-5-10(14)13-11-7-8-3-1-2-4-9(8)15-11/h7H,1-5H2,(H,13,14). The normalized spacial score (nSPS) is 14.1. The highest BCUT2D eigenvalue weighted by Gasteiger charge is 2.14. The second-order valence-electron chi connectivity index (χ2n) is 3.65. The molecule has 3 nitrogen and oxygen atoms in total. The number of nitrogens with zero attached hydrogens (tertiary/aromatic N) is 1. The molecule has 1 heterocycles. The number of nitrogens with one attached hydrogen (secondary N) is 1. The number of nitriles is 1. The van der Waals surface area contributed by atoms with Crippen molar-refractivity contribution in [1.82, 2.24) is 0 Å². The zero-order valence-electron chi connectivity index (χ0n) is 8.38. The van der Waals surface area contributed by atoms with Crippen LogP contribution in [0, 0.1) is 11.3 Å². The molecule has 15 heavy (non-hydrogen) atoms. The Hall–Kier alpha value is -1.34. The number of carbonyl (C=O) groups is 1. The maximum Gasteiger partial charge on any atom is 0.239 e. The van der Waals surface area contributed by atoms with E-state index in [2.05, 4.69) is 11.4 Å². The lowest BCUT2D eigenvalue weighted by Gasteiger charge is -2.08. The monoisotopic (exact) mass is 220 g/mol. The molecule has 0 saturated heterocycles. The summed E-state index contributed by atoms with van der Waals surface area (Å²) in [6, 6.07) is 3.89. The third kappa shape index (κ3) is 2.37. The molecule has 0 bridgehead atoms. The first-order valence-electron chi connectivity index (χ1n) is 5.08. The Kier molecular flexibility index (Phi) is 3.02. The molecule has 0 saturated carbocycles. The Labute approximate surface area is 92.7 Å². The molecule has 0 atom stereocenters. The molecule has 1 aliphatic carbocycles. The topological polar surface area (TPSA) is 52.9 Å². The van der Waals surface area contributed by atoms with Gasteiger partial charge in [0.25, 0.3) is 0 Å². The van der Waals surface area contributed by atoms with Crippen molar-refractivity contribution in [2.45, 2.75) is 32.1 Å². The van der Waals surface area contributed by atoms with Crippen LogP contribution in [-0.4, -0.2) is 5.91 Å². The second kappa shape index (κ2) is 4.45. The number of hydrogen-bond acceptors (Lipinski definition) is 3. The second-order valence-corrected chi connectivity index (χ2v) is 4.79. The molecular formula is C11H12N2OS. The van der Waals surface area contributed by atoms with E-state index in [9.17, 15) is 4.79 Å². The Morgan fingerprint density at radius 3 is 3.07 bits per heavy atom. The third-order valence-electron chi connectivity index (χ3n) is 2.50. The van der Waals surface area contributed by atoms with Crippen LogP contribution < -0.4 is 5.32 Å². The summed E-state index contributed by atoms with van der Waals surface area (Å²) < 4.78 is 0. The largest absolute Gasteiger partial charge is 0.317 e. The van der Waals surface area contributed by atoms with Gasteiger partial charge < -0.3 is 5.32 Å². The lowest BCUT2D eigenvalue weighted by molar-refractivity contribution is -0.115. The van der Waals surface area contributed by atoms with Crippen LogP contribution in [0.15, 0.2) is 6.07 Å². The first-order chi connectivity index (χ1) is 7.29. The lowest BCUT2D eigenvalue weighted by Crippen LogP contribution is -2.08. The van der Waals surface area contributed by atoms with Gasteiger partial charge in [-0.15, -0.1) is 11.3 Å². The number of rotatable bonds is 2. The minimum Gasteiger partial charge on any atom is -0.317 e. The van der Waals surface area contributed by atoms with E-state index in [-0.39, 0.29) is 12.3 Å². The van der Waals surface area contributed by atoms with Crippen LogP contribution >= 0.6 is 11.3 Å². The van der Waals surface area contributed by atoms with Gasteiger partial charge in [-0.3, -0.25) is 4.79 Å². The molecule has 1 N–H and O–H groups in total. The summed E-state index contributed by atoms with van der Waals surface area (Å²) in [7, 11) is 0. The van der Waals surface area contributed by atoms with Gasteiger partial charge >= 0.3 is 0 Å². The van der Waals surface area contributed by atoms with Crippen molar-refractivity contribution in [2.24, 2.45) is 0 Å². The number of fused-ring (bicyclic) bond motifs is 1. The van der Waals surface area contributed by atoms with Crippen molar-refractivity contribution in [1.29, 1.82) is 5.26 Å². The zero-order chi connectivity index (χ0) is 10.7. The molecule has 1 aromatic heterocycles. The number of hydrogen-bond donors (Lipinski definition) is 1. The van der Waals surface area contributed by atoms with Crippen LogP contribution in [0.5, 0.6) is 0 Å². The average molecular weight is 220 g/mol. The Morgan fingerprint density at radius 2 is 2.33 bits per heavy atom. The predicted octanol–water partition coefficient (Wildman–Crippen LogP) is 2.48. The molecule has 0 aromatic carbocycles. The summed E-state index contributed by atoms with van der Waals surface area (Å²) in [5.74, 6) is -0.212. The van der Waals surface area contributed by atoms with Crippen molar-refractivity contribution in [2.75, 3.05) is 5.32 Å². The highest BCUT2D eigenvalue weighted by Crippen LogP contribution is 2.32. The number of amides is 1. The zero-order valence-corrected chi connectivity index (χ0v) is 9.19. The van der Waals surface area contributed by atoms with Crippen molar-refractivity contribution in [3.63, 3.8) is 0 Å². The van der Waals surface area contributed by atoms with Gasteiger partial charge in [0.15, 0.2) is 0 Å². The van der Waals surface area contributed by atoms with E-state index in [0.717, 1.165) is 17.8 Å². The van der Waals surface area contributed by atoms with Gasteiger partial charge in [-0.2, -0.15) is 5.26 Å². The fourth-order valence-corrected chi connectivity index (χ4v) is 2.98. The average Bonchev–Trinajstić information content (AvgIpc) is 2.59. The van der Waals surface area contributed by atoms with E-state index in [0.29, 0.717) is 0 Å². The van der Waals surface area contributed by atoms with E-state index in [4.69, 9.17) is 5.26 Å². The minimum atomic E-state index is -0.212. The summed E-state index contributed by atoms with van der Waals surface area (Å²) in [6.07, 6.45) is 4.69. The maximum atomic E-state index is 11.2. The molecule has 2 rings (SSSR count). The van der Waals surface area contributed by atoms with E-state index in [1.54, 1.807) is 11.3 Å². The summed E-state index contributed by atoms with van der Waals surface area (Å²) in [5, 5.41) is 12.0. The minimum absolute atomic E-state index is 0.0669. The SMILES string of the molecule is N#CCC(=O)Nc1cc2c(s1)CCCC2. The molecule has 1 amide bonds. The van der Waals surface area contributed by atoms with Gasteiger partial charge in [-0.25, -0.2) is 0 Å². The third-order valence-corrected chi connectivity index (χ3v) is 3.65. The Bertz CT molecular complexity index is 393. The van der Waals surface area contributed by atoms with E-state index < -0.39 is 0 Å². The summed E-state index contributed by atoms with van der Waals surface area (Å²) in [5.41, 5.74) is 1.37. The molecule has 1 aromatic rings. The summed E-state index contributed by atoms with van der Waals surface area (Å²) >= 11 is 1.65. The van der Waals surface area contributed by atoms with Gasteiger partial charge in [0, 0.05) is 4.88 Å². The molecule has 78 valence electrons. The van der Waals surface area contributed by atoms with Gasteiger partial charge in [0.05, 0.1) is 11.1 Å². The van der Waals surface area contributed by atoms with E-state index in [1.807, 2.05) is 6.07 Å². The smallest absolute Gasteiger partial charge is 0.239 e. The molecule has 0 radical (unpaired) electrons. The van der Waals surface area contributed by atoms with Crippen LogP contribution in [0.1, 0.15) is 29.7 Å². The van der Waals surface area contributed by atoms with Gasteiger partial charge in [-0.05, 0) is 37.3 Å². The van der Waals surface area contributed by atoms with Crippen LogP contribution in [0.2, 0.25) is 0 Å². The van der Waals surface area contributed by atoms with E-state index >= 15 is 0 Å². The molecule has 0 spiro atoms. The molecule has 0 fully saturated rings. The number of anilines is 1. The van der Waals surface area contributed by atoms with Gasteiger partial charge in [0.2, 0.25) is 5.91 Å². The fraction of sp³-hybridized carbons (Fsp3) is 0.455. The van der Waals surface area contributed by atoms with Crippen LogP contribution in [0.25, 0.3) is 0 Å². The summed E-state index contributed by atoms with van der Waals surface area (Å²) in [6.45, 7) is 0. The van der Waals surface area contributed by atoms with Gasteiger partial charge in [-0.1, -0.05) is 0 Å². The molecule has 0 unspecified atom stereocenters. The highest BCUT2D eigenvalue weighted by molar-refractivity contribution is 7.16. The summed E-state index contributed by atoms with van der Waals surface area (Å²) in [4.78, 5) is 12.6. The van der Waals surface area contributed by atoms with E-state index in [1.165, 1.54) is 23.3 Å². The van der Waals surface area contributed by atoms with Crippen molar-refractivity contribution >= 4 is 22.2 Å². The number of carbonyl (C=O) groups excluding carboxylic acids is 1. The molecule has 1 aliphatic rings. The molecular weight excluding hydrogens is 208 g/mol. The quantitative estimate of drug-likeness (QED) is 0.832. The van der Waals surface area contributed by atoms with Crippen LogP contribution in [0.4, 0.5) is 5.00 Å². The Balaban J connectivity index is 2.07. The van der Waals surface area contributed by atoms with Crippen molar-refractivity contribution in [3.05, 3.63) is 16.5 Å². The lowest BCUT2D eigenvalue weighted by atomic mass is 10.00. The van der Waals surface area contributed by atoms with Crippen molar-refractivity contribution in [3.8, 4) is 6.07 Å². The maximum absolute atomic E-state index is 11.2. The predicted molar refractivity (Wildman–Crippen MR) is 59.8 cm³/mol. The number of aryl methyl sites for hydroxylation is 2. The van der Waals surface area contributed by atoms with Gasteiger partial charge in [0.1, 0.15) is 6.42 Å². The first kappa shape index (κ1) is 10.2. The molecule has 0 aliphatic heterocycles. The Morgan fingerprint density at radius 1 is 1.53 bits per heavy atom.